The lowest BCUT2D eigenvalue weighted by Gasteiger charge is -2.17. The molecule has 0 spiro atoms. The Bertz CT molecular complexity index is 632. The van der Waals surface area contributed by atoms with Gasteiger partial charge in [0, 0.05) is 11.6 Å². The van der Waals surface area contributed by atoms with E-state index >= 15 is 0 Å². The predicted molar refractivity (Wildman–Crippen MR) is 73.9 cm³/mol. The molecule has 2 aromatic heterocycles. The Morgan fingerprint density at radius 3 is 2.68 bits per heavy atom. The van der Waals surface area contributed by atoms with Crippen LogP contribution in [0.3, 0.4) is 0 Å². The zero-order chi connectivity index (χ0) is 14.2. The molecule has 0 atom stereocenters. The highest BCUT2D eigenvalue weighted by molar-refractivity contribution is 6.38. The average molecular weight is 253 g/mol. The van der Waals surface area contributed by atoms with Crippen LogP contribution in [0, 0.1) is 5.41 Å². The van der Waals surface area contributed by atoms with Crippen LogP contribution in [0.2, 0.25) is 0 Å². The Hall–Kier alpha value is -1.78. The first-order chi connectivity index (χ1) is 8.79. The van der Waals surface area contributed by atoms with Crippen LogP contribution in [-0.2, 0) is 16.3 Å². The number of ether oxygens (including phenoxy) is 1. The van der Waals surface area contributed by atoms with Gasteiger partial charge in [0.15, 0.2) is 14.6 Å². The lowest BCUT2D eigenvalue weighted by atomic mass is 9.98. The second-order valence-corrected chi connectivity index (χ2v) is 5.30. The minimum atomic E-state index is -0.546. The van der Waals surface area contributed by atoms with Crippen LogP contribution in [0.25, 0.3) is 11.0 Å². The quantitative estimate of drug-likeness (QED) is 0.538. The summed E-state index contributed by atoms with van der Waals surface area (Å²) in [7, 11) is 11.3. The van der Waals surface area contributed by atoms with Crippen molar-refractivity contribution in [3.05, 3.63) is 12.3 Å². The van der Waals surface area contributed by atoms with E-state index in [1.807, 2.05) is 0 Å². The summed E-state index contributed by atoms with van der Waals surface area (Å²) in [6, 6.07) is 1.76. The Balaban J connectivity index is 2.25. The highest BCUT2D eigenvalue weighted by atomic mass is 16.5. The van der Waals surface area contributed by atoms with Crippen molar-refractivity contribution in [2.75, 3.05) is 0 Å². The molecule has 2 aromatic rings. The van der Waals surface area contributed by atoms with E-state index in [1.165, 1.54) is 0 Å². The number of nitrogens with zero attached hydrogens (tertiary/aromatic N) is 3. The van der Waals surface area contributed by atoms with Crippen molar-refractivity contribution in [1.29, 1.82) is 0 Å². The zero-order valence-corrected chi connectivity index (χ0v) is 11.2. The third kappa shape index (κ3) is 2.80. The molecule has 0 N–H and O–H groups in total. The molecule has 5 nitrogen and oxygen atoms in total. The molecular weight excluding hydrogens is 240 g/mol. The van der Waals surface area contributed by atoms with Crippen LogP contribution in [0.15, 0.2) is 12.3 Å². The molecule has 0 saturated heterocycles. The molecule has 2 heterocycles. The van der Waals surface area contributed by atoms with Gasteiger partial charge in [-0.05, 0) is 32.4 Å². The van der Waals surface area contributed by atoms with Gasteiger partial charge in [0.05, 0.1) is 11.1 Å². The number of hydrogen-bond acceptors (Lipinski definition) is 4. The van der Waals surface area contributed by atoms with Gasteiger partial charge in [0.25, 0.3) is 0 Å². The number of rotatable bonds is 2. The summed E-state index contributed by atoms with van der Waals surface area (Å²) in [5.74, 6) is -0.288. The molecule has 0 fully saturated rings. The summed E-state index contributed by atoms with van der Waals surface area (Å²) >= 11 is 0. The SMILES string of the molecule is [B]c1nc([B])c2ccn(COC(=O)C(C)(C)C)c2n1. The van der Waals surface area contributed by atoms with E-state index in [9.17, 15) is 4.79 Å². The fraction of sp³-hybridized carbons (Fsp3) is 0.417. The van der Waals surface area contributed by atoms with Gasteiger partial charge in [-0.25, -0.2) is 4.98 Å². The molecule has 0 aliphatic carbocycles. The standard InChI is InChI=1S/C12H13B2N3O2/c1-12(2,3)10(18)19-6-17-5-4-7-8(13)15-11(14)16-9(7)17/h4-5H,6H2,1-3H3. The van der Waals surface area contributed by atoms with Gasteiger partial charge < -0.3 is 4.74 Å². The zero-order valence-electron chi connectivity index (χ0n) is 11.2. The van der Waals surface area contributed by atoms with Gasteiger partial charge in [0.2, 0.25) is 0 Å². The number of carbonyl (C=O) groups is 1. The van der Waals surface area contributed by atoms with E-state index in [4.69, 9.17) is 20.4 Å². The van der Waals surface area contributed by atoms with Crippen LogP contribution < -0.4 is 11.3 Å². The molecule has 0 aromatic carbocycles. The molecule has 0 bridgehead atoms. The van der Waals surface area contributed by atoms with Crippen LogP contribution in [0.4, 0.5) is 0 Å². The van der Waals surface area contributed by atoms with E-state index in [1.54, 1.807) is 37.6 Å². The second-order valence-electron chi connectivity index (χ2n) is 5.30. The van der Waals surface area contributed by atoms with Crippen molar-refractivity contribution in [3.63, 3.8) is 0 Å². The maximum atomic E-state index is 11.7. The molecule has 0 unspecified atom stereocenters. The average Bonchev–Trinajstić information content (AvgIpc) is 2.67. The molecule has 0 amide bonds. The molecule has 7 heteroatoms. The highest BCUT2D eigenvalue weighted by Crippen LogP contribution is 2.16. The molecule has 94 valence electrons. The minimum absolute atomic E-state index is 0.0650. The summed E-state index contributed by atoms with van der Waals surface area (Å²) < 4.78 is 6.88. The van der Waals surface area contributed by atoms with E-state index in [0.29, 0.717) is 16.6 Å². The van der Waals surface area contributed by atoms with Crippen molar-refractivity contribution < 1.29 is 9.53 Å². The maximum Gasteiger partial charge on any atom is 0.312 e. The lowest BCUT2D eigenvalue weighted by Crippen LogP contribution is -2.26. The summed E-state index contributed by atoms with van der Waals surface area (Å²) in [5, 5.41) is 0.681. The van der Waals surface area contributed by atoms with E-state index in [0.717, 1.165) is 0 Å². The van der Waals surface area contributed by atoms with Crippen molar-refractivity contribution in [1.82, 2.24) is 14.5 Å². The minimum Gasteiger partial charge on any atom is -0.443 e. The number of hydrogen-bond donors (Lipinski definition) is 0. The van der Waals surface area contributed by atoms with Crippen molar-refractivity contribution >= 4 is 44.0 Å². The fourth-order valence-electron chi connectivity index (χ4n) is 1.55. The maximum absolute atomic E-state index is 11.7. The summed E-state index contributed by atoms with van der Waals surface area (Å²) in [6.07, 6.45) is 1.73. The number of carbonyl (C=O) groups excluding carboxylic acids is 1. The Kier molecular flexibility index (Phi) is 3.39. The first kappa shape index (κ1) is 13.6. The third-order valence-corrected chi connectivity index (χ3v) is 2.61. The highest BCUT2D eigenvalue weighted by Gasteiger charge is 2.23. The third-order valence-electron chi connectivity index (χ3n) is 2.61. The second kappa shape index (κ2) is 4.72. The monoisotopic (exact) mass is 253 g/mol. The molecule has 2 rings (SSSR count). The first-order valence-electron chi connectivity index (χ1n) is 5.84. The van der Waals surface area contributed by atoms with Crippen molar-refractivity contribution in [2.24, 2.45) is 5.41 Å². The topological polar surface area (TPSA) is 57.0 Å². The number of fused-ring (bicyclic) bond motifs is 1. The van der Waals surface area contributed by atoms with Gasteiger partial charge in [0.1, 0.15) is 13.5 Å². The summed E-state index contributed by atoms with van der Waals surface area (Å²) in [4.78, 5) is 19.7. The normalized spacial score (nSPS) is 11.7. The molecule has 19 heavy (non-hydrogen) atoms. The lowest BCUT2D eigenvalue weighted by molar-refractivity contribution is -0.156. The van der Waals surface area contributed by atoms with Crippen LogP contribution >= 0.6 is 0 Å². The number of esters is 1. The van der Waals surface area contributed by atoms with E-state index in [2.05, 4.69) is 9.97 Å². The van der Waals surface area contributed by atoms with E-state index in [-0.39, 0.29) is 18.4 Å². The number of aromatic nitrogens is 3. The Morgan fingerprint density at radius 2 is 2.05 bits per heavy atom. The van der Waals surface area contributed by atoms with Crippen LogP contribution in [0.1, 0.15) is 20.8 Å². The molecular formula is C12H13B2N3O2. The largest absolute Gasteiger partial charge is 0.443 e. The van der Waals surface area contributed by atoms with Gasteiger partial charge >= 0.3 is 5.97 Å². The predicted octanol–water partition coefficient (Wildman–Crippen LogP) is -0.434. The summed E-state index contributed by atoms with van der Waals surface area (Å²) in [6.45, 7) is 5.44. The summed E-state index contributed by atoms with van der Waals surface area (Å²) in [5.41, 5.74) is 0.401. The van der Waals surface area contributed by atoms with Crippen LogP contribution in [-0.4, -0.2) is 36.2 Å². The van der Waals surface area contributed by atoms with Crippen LogP contribution in [0.5, 0.6) is 0 Å². The van der Waals surface area contributed by atoms with Gasteiger partial charge in [-0.2, -0.15) is 0 Å². The first-order valence-corrected chi connectivity index (χ1v) is 5.84. The fourth-order valence-corrected chi connectivity index (χ4v) is 1.55. The van der Waals surface area contributed by atoms with Gasteiger partial charge in [-0.1, -0.05) is 0 Å². The Labute approximate surface area is 114 Å². The van der Waals surface area contributed by atoms with Crippen molar-refractivity contribution in [2.45, 2.75) is 27.5 Å². The van der Waals surface area contributed by atoms with Crippen molar-refractivity contribution in [3.8, 4) is 0 Å². The molecule has 4 radical (unpaired) electrons. The Morgan fingerprint density at radius 1 is 1.37 bits per heavy atom. The van der Waals surface area contributed by atoms with E-state index < -0.39 is 5.41 Å². The smallest absolute Gasteiger partial charge is 0.312 e. The molecule has 0 saturated carbocycles. The molecule has 0 aliphatic heterocycles. The van der Waals surface area contributed by atoms with Gasteiger partial charge in [-0.15, -0.1) is 0 Å². The van der Waals surface area contributed by atoms with Gasteiger partial charge in [-0.3, -0.25) is 14.3 Å². The molecule has 0 aliphatic rings.